The highest BCUT2D eigenvalue weighted by atomic mass is 19.1. The molecule has 1 aliphatic heterocycles. The summed E-state index contributed by atoms with van der Waals surface area (Å²) in [5.74, 6) is -0.538. The molecule has 9 heteroatoms. The lowest BCUT2D eigenvalue weighted by Gasteiger charge is -2.35. The maximum atomic E-state index is 13.9. The molecule has 0 fully saturated rings. The molecule has 0 radical (unpaired) electrons. The Hall–Kier alpha value is -3.88. The fourth-order valence-corrected chi connectivity index (χ4v) is 3.75. The van der Waals surface area contributed by atoms with Gasteiger partial charge in [0, 0.05) is 18.7 Å². The number of aromatic amines is 1. The van der Waals surface area contributed by atoms with Crippen LogP contribution in [0.1, 0.15) is 33.4 Å². The first-order valence-corrected chi connectivity index (χ1v) is 9.63. The number of benzene rings is 2. The lowest BCUT2D eigenvalue weighted by molar-refractivity contribution is 0.0600. The van der Waals surface area contributed by atoms with Crippen molar-refractivity contribution in [1.82, 2.24) is 14.9 Å². The van der Waals surface area contributed by atoms with Gasteiger partial charge in [-0.3, -0.25) is 0 Å². The van der Waals surface area contributed by atoms with Gasteiger partial charge in [0.1, 0.15) is 17.6 Å². The molecule has 1 aromatic heterocycles. The molecule has 160 valence electrons. The summed E-state index contributed by atoms with van der Waals surface area (Å²) in [6.45, 7) is 0.390. The number of aromatic nitrogens is 2. The Labute approximate surface area is 178 Å². The zero-order valence-corrected chi connectivity index (χ0v) is 17.0. The van der Waals surface area contributed by atoms with Crippen LogP contribution in [0, 0.1) is 5.82 Å². The molecule has 31 heavy (non-hydrogen) atoms. The molecule has 2 heterocycles. The van der Waals surface area contributed by atoms with Crippen LogP contribution >= 0.6 is 0 Å². The molecule has 0 bridgehead atoms. The molecular weight excluding hydrogens is 403 g/mol. The molecule has 1 atom stereocenters. The van der Waals surface area contributed by atoms with Gasteiger partial charge in [-0.15, -0.1) is 0 Å². The minimum absolute atomic E-state index is 0.272. The molecule has 1 unspecified atom stereocenters. The van der Waals surface area contributed by atoms with Crippen LogP contribution in [0.4, 0.5) is 14.9 Å². The number of nitrogens with one attached hydrogen (secondary N) is 2. The molecular formula is C22H21FN4O4. The number of hydrogen-bond donors (Lipinski definition) is 2. The average Bonchev–Trinajstić information content (AvgIpc) is 3.26. The quantitative estimate of drug-likeness (QED) is 0.625. The van der Waals surface area contributed by atoms with Crippen molar-refractivity contribution in [1.29, 1.82) is 0 Å². The third-order valence-corrected chi connectivity index (χ3v) is 5.21. The number of H-pyrrole nitrogens is 1. The Morgan fingerprint density at radius 1 is 1.23 bits per heavy atom. The van der Waals surface area contributed by atoms with Gasteiger partial charge in [0.2, 0.25) is 0 Å². The Morgan fingerprint density at radius 2 is 2.06 bits per heavy atom. The van der Waals surface area contributed by atoms with E-state index in [1.165, 1.54) is 32.4 Å². The predicted molar refractivity (Wildman–Crippen MR) is 111 cm³/mol. The van der Waals surface area contributed by atoms with Crippen LogP contribution in [-0.2, 0) is 11.2 Å². The van der Waals surface area contributed by atoms with Crippen LogP contribution in [0.3, 0.4) is 0 Å². The van der Waals surface area contributed by atoms with Crippen molar-refractivity contribution in [2.45, 2.75) is 12.5 Å². The lowest BCUT2D eigenvalue weighted by atomic mass is 9.96. The van der Waals surface area contributed by atoms with Crippen molar-refractivity contribution in [2.24, 2.45) is 0 Å². The monoisotopic (exact) mass is 424 g/mol. The van der Waals surface area contributed by atoms with E-state index in [4.69, 9.17) is 9.47 Å². The van der Waals surface area contributed by atoms with Crippen molar-refractivity contribution in [3.63, 3.8) is 0 Å². The summed E-state index contributed by atoms with van der Waals surface area (Å²) >= 11 is 0. The summed E-state index contributed by atoms with van der Waals surface area (Å²) in [4.78, 5) is 34.3. The maximum Gasteiger partial charge on any atom is 0.337 e. The van der Waals surface area contributed by atoms with E-state index in [1.54, 1.807) is 35.5 Å². The summed E-state index contributed by atoms with van der Waals surface area (Å²) in [7, 11) is 2.75. The number of carbonyl (C=O) groups is 2. The smallest absolute Gasteiger partial charge is 0.337 e. The van der Waals surface area contributed by atoms with Gasteiger partial charge in [-0.2, -0.15) is 0 Å². The molecule has 0 aliphatic carbocycles. The van der Waals surface area contributed by atoms with E-state index in [0.717, 1.165) is 5.69 Å². The number of urea groups is 1. The number of amides is 2. The summed E-state index contributed by atoms with van der Waals surface area (Å²) in [5, 5.41) is 2.81. The van der Waals surface area contributed by atoms with Crippen molar-refractivity contribution < 1.29 is 23.5 Å². The summed E-state index contributed by atoms with van der Waals surface area (Å²) in [6, 6.07) is 9.73. The zero-order chi connectivity index (χ0) is 22.0. The SMILES string of the molecule is COC(=O)c1ccc(OC)c(NC(=O)N2CCc3[nH]cnc3C2c2cccc(F)c2)c1. The minimum Gasteiger partial charge on any atom is -0.495 e. The molecule has 1 aliphatic rings. The van der Waals surface area contributed by atoms with Gasteiger partial charge < -0.3 is 24.7 Å². The van der Waals surface area contributed by atoms with Crippen molar-refractivity contribution in [2.75, 3.05) is 26.1 Å². The Bertz CT molecular complexity index is 1130. The third kappa shape index (κ3) is 3.94. The van der Waals surface area contributed by atoms with Crippen LogP contribution in [0.2, 0.25) is 0 Å². The first-order valence-electron chi connectivity index (χ1n) is 9.63. The fraction of sp³-hybridized carbons (Fsp3) is 0.227. The van der Waals surface area contributed by atoms with Gasteiger partial charge in [-0.05, 0) is 35.9 Å². The fourth-order valence-electron chi connectivity index (χ4n) is 3.75. The number of halogens is 1. The Kier molecular flexibility index (Phi) is 5.57. The van der Waals surface area contributed by atoms with Gasteiger partial charge in [0.25, 0.3) is 0 Å². The first kappa shape index (κ1) is 20.4. The number of imidazole rings is 1. The highest BCUT2D eigenvalue weighted by Gasteiger charge is 2.34. The molecule has 0 spiro atoms. The van der Waals surface area contributed by atoms with E-state index in [1.807, 2.05) is 0 Å². The second kappa shape index (κ2) is 8.47. The number of hydrogen-bond acceptors (Lipinski definition) is 5. The predicted octanol–water partition coefficient (Wildman–Crippen LogP) is 3.52. The van der Waals surface area contributed by atoms with Crippen LogP contribution in [0.15, 0.2) is 48.8 Å². The van der Waals surface area contributed by atoms with E-state index in [0.29, 0.717) is 35.7 Å². The first-order chi connectivity index (χ1) is 15.0. The number of fused-ring (bicyclic) bond motifs is 1. The van der Waals surface area contributed by atoms with E-state index in [9.17, 15) is 14.0 Å². The summed E-state index contributed by atoms with van der Waals surface area (Å²) in [5.41, 5.74) is 2.78. The third-order valence-electron chi connectivity index (χ3n) is 5.21. The molecule has 2 N–H and O–H groups in total. The lowest BCUT2D eigenvalue weighted by Crippen LogP contribution is -2.43. The topological polar surface area (TPSA) is 96.5 Å². The van der Waals surface area contributed by atoms with E-state index < -0.39 is 23.9 Å². The molecule has 2 amide bonds. The zero-order valence-electron chi connectivity index (χ0n) is 17.0. The molecule has 0 saturated heterocycles. The van der Waals surface area contributed by atoms with E-state index in [2.05, 4.69) is 15.3 Å². The van der Waals surface area contributed by atoms with Crippen LogP contribution < -0.4 is 10.1 Å². The number of methoxy groups -OCH3 is 2. The second-order valence-corrected chi connectivity index (χ2v) is 7.00. The molecule has 4 rings (SSSR count). The standard InChI is InChI=1S/C22H21FN4O4/c1-30-18-7-6-14(21(28)31-2)11-17(18)26-22(29)27-9-8-16-19(25-12-24-16)20(27)13-4-3-5-15(23)10-13/h3-7,10-12,20H,8-9H2,1-2H3,(H,24,25)(H,26,29). The summed E-state index contributed by atoms with van der Waals surface area (Å²) in [6.07, 6.45) is 2.15. The van der Waals surface area contributed by atoms with Gasteiger partial charge in [0.05, 0.1) is 37.5 Å². The van der Waals surface area contributed by atoms with Crippen molar-refractivity contribution in [3.05, 3.63) is 77.1 Å². The Balaban J connectivity index is 1.68. The van der Waals surface area contributed by atoms with Crippen molar-refractivity contribution >= 4 is 17.7 Å². The molecule has 8 nitrogen and oxygen atoms in total. The number of rotatable bonds is 4. The number of carbonyl (C=O) groups excluding carboxylic acids is 2. The van der Waals surface area contributed by atoms with Crippen LogP contribution in [-0.4, -0.2) is 47.6 Å². The summed E-state index contributed by atoms with van der Waals surface area (Å²) < 4.78 is 24.0. The normalized spacial score (nSPS) is 15.2. The average molecular weight is 424 g/mol. The second-order valence-electron chi connectivity index (χ2n) is 7.00. The molecule has 3 aromatic rings. The number of ether oxygens (including phenoxy) is 2. The minimum atomic E-state index is -0.569. The van der Waals surface area contributed by atoms with Gasteiger partial charge in [0.15, 0.2) is 0 Å². The number of anilines is 1. The molecule has 2 aromatic carbocycles. The van der Waals surface area contributed by atoms with Gasteiger partial charge in [-0.25, -0.2) is 19.0 Å². The van der Waals surface area contributed by atoms with Gasteiger partial charge in [-0.1, -0.05) is 12.1 Å². The van der Waals surface area contributed by atoms with Crippen molar-refractivity contribution in [3.8, 4) is 5.75 Å². The number of nitrogens with zero attached hydrogens (tertiary/aromatic N) is 2. The Morgan fingerprint density at radius 3 is 2.81 bits per heavy atom. The van der Waals surface area contributed by atoms with Crippen LogP contribution in [0.5, 0.6) is 5.75 Å². The maximum absolute atomic E-state index is 13.9. The van der Waals surface area contributed by atoms with E-state index in [-0.39, 0.29) is 5.56 Å². The largest absolute Gasteiger partial charge is 0.495 e. The number of esters is 1. The molecule has 0 saturated carbocycles. The van der Waals surface area contributed by atoms with Gasteiger partial charge >= 0.3 is 12.0 Å². The highest BCUT2D eigenvalue weighted by Crippen LogP contribution is 2.35. The highest BCUT2D eigenvalue weighted by molar-refractivity contribution is 5.95. The van der Waals surface area contributed by atoms with E-state index >= 15 is 0 Å². The van der Waals surface area contributed by atoms with Crippen LogP contribution in [0.25, 0.3) is 0 Å².